The molecule has 1 aromatic rings. The van der Waals surface area contributed by atoms with Gasteiger partial charge in [-0.25, -0.2) is 0 Å². The van der Waals surface area contributed by atoms with Crippen molar-refractivity contribution in [2.45, 2.75) is 26.7 Å². The molecule has 0 aliphatic carbocycles. The molecule has 0 aromatic carbocycles. The van der Waals surface area contributed by atoms with E-state index in [1.807, 2.05) is 11.3 Å². The smallest absolute Gasteiger partial charge is 0.142 e. The number of hydrogen-bond donors (Lipinski definition) is 1. The van der Waals surface area contributed by atoms with Crippen LogP contribution in [0.1, 0.15) is 23.6 Å². The Kier molecular flexibility index (Phi) is 2.46. The molecule has 0 aliphatic rings. The van der Waals surface area contributed by atoms with Gasteiger partial charge in [0.05, 0.1) is 4.88 Å². The van der Waals surface area contributed by atoms with E-state index in [9.17, 15) is 0 Å². The summed E-state index contributed by atoms with van der Waals surface area (Å²) in [6, 6.07) is 2.20. The van der Waals surface area contributed by atoms with E-state index in [-0.39, 0.29) is 0 Å². The highest BCUT2D eigenvalue weighted by molar-refractivity contribution is 7.12. The van der Waals surface area contributed by atoms with E-state index in [0.29, 0.717) is 0 Å². The molecule has 0 saturated heterocycles. The first kappa shape index (κ1) is 7.76. The Bertz CT molecular complexity index is 215. The highest BCUT2D eigenvalue weighted by Gasteiger charge is 2.04. The van der Waals surface area contributed by atoms with Crippen LogP contribution in [0, 0.1) is 0 Å². The molecule has 10 heavy (non-hydrogen) atoms. The summed E-state index contributed by atoms with van der Waals surface area (Å²) in [6.45, 7) is 4.37. The predicted molar refractivity (Wildman–Crippen MR) is 45.6 cm³/mol. The van der Waals surface area contributed by atoms with Crippen molar-refractivity contribution in [3.8, 4) is 0 Å². The van der Waals surface area contributed by atoms with Crippen molar-refractivity contribution in [1.29, 1.82) is 0 Å². The molecular weight excluding hydrogens is 142 g/mol. The Morgan fingerprint density at radius 2 is 2.10 bits per heavy atom. The number of thiophene rings is 1. The number of quaternary nitrogens is 1. The summed E-state index contributed by atoms with van der Waals surface area (Å²) in [4.78, 5) is 2.90. The van der Waals surface area contributed by atoms with Crippen molar-refractivity contribution in [1.82, 2.24) is 0 Å². The van der Waals surface area contributed by atoms with Crippen molar-refractivity contribution in [2.24, 2.45) is 0 Å². The first-order valence-electron chi connectivity index (χ1n) is 3.71. The molecule has 0 amide bonds. The summed E-state index contributed by atoms with van der Waals surface area (Å²) in [7, 11) is 0. The maximum Gasteiger partial charge on any atom is 0.142 e. The van der Waals surface area contributed by atoms with Crippen molar-refractivity contribution < 1.29 is 5.73 Å². The van der Waals surface area contributed by atoms with Crippen LogP contribution in [-0.2, 0) is 12.8 Å². The third-order valence-corrected chi connectivity index (χ3v) is 3.08. The van der Waals surface area contributed by atoms with E-state index < -0.39 is 0 Å². The van der Waals surface area contributed by atoms with Crippen molar-refractivity contribution in [3.05, 3.63) is 15.8 Å². The van der Waals surface area contributed by atoms with Crippen LogP contribution in [0.15, 0.2) is 6.07 Å². The van der Waals surface area contributed by atoms with Gasteiger partial charge in [-0.2, -0.15) is 0 Å². The average molecular weight is 156 g/mol. The molecule has 0 unspecified atom stereocenters. The summed E-state index contributed by atoms with van der Waals surface area (Å²) < 4.78 is 0. The topological polar surface area (TPSA) is 27.6 Å². The van der Waals surface area contributed by atoms with Gasteiger partial charge in [0.25, 0.3) is 0 Å². The number of hydrogen-bond acceptors (Lipinski definition) is 1. The van der Waals surface area contributed by atoms with Crippen molar-refractivity contribution in [2.75, 3.05) is 0 Å². The second-order valence-electron chi connectivity index (χ2n) is 2.37. The normalized spacial score (nSPS) is 10.3. The van der Waals surface area contributed by atoms with E-state index in [0.717, 1.165) is 12.8 Å². The quantitative estimate of drug-likeness (QED) is 0.675. The zero-order valence-corrected chi connectivity index (χ0v) is 7.42. The minimum Gasteiger partial charge on any atom is -0.324 e. The fraction of sp³-hybridized carbons (Fsp3) is 0.500. The van der Waals surface area contributed by atoms with Gasteiger partial charge in [-0.3, -0.25) is 0 Å². The Morgan fingerprint density at radius 1 is 1.40 bits per heavy atom. The van der Waals surface area contributed by atoms with Gasteiger partial charge < -0.3 is 5.73 Å². The van der Waals surface area contributed by atoms with Crippen LogP contribution in [0.3, 0.4) is 0 Å². The summed E-state index contributed by atoms with van der Waals surface area (Å²) in [5, 5.41) is 0. The van der Waals surface area contributed by atoms with E-state index in [1.165, 1.54) is 15.4 Å². The van der Waals surface area contributed by atoms with Crippen molar-refractivity contribution in [3.63, 3.8) is 0 Å². The molecule has 1 nitrogen and oxygen atoms in total. The molecule has 1 heterocycles. The Balaban J connectivity index is 2.92. The second-order valence-corrected chi connectivity index (χ2v) is 3.59. The third kappa shape index (κ3) is 1.39. The maximum atomic E-state index is 3.97. The fourth-order valence-corrected chi connectivity index (χ4v) is 2.00. The van der Waals surface area contributed by atoms with Gasteiger partial charge in [0.15, 0.2) is 0 Å². The van der Waals surface area contributed by atoms with E-state index >= 15 is 0 Å². The first-order chi connectivity index (χ1) is 4.77. The third-order valence-electron chi connectivity index (χ3n) is 1.62. The van der Waals surface area contributed by atoms with Crippen LogP contribution in [0.5, 0.6) is 0 Å². The van der Waals surface area contributed by atoms with Crippen LogP contribution < -0.4 is 5.73 Å². The Labute approximate surface area is 65.9 Å². The Morgan fingerprint density at radius 3 is 2.40 bits per heavy atom. The van der Waals surface area contributed by atoms with Gasteiger partial charge in [-0.1, -0.05) is 13.8 Å². The lowest BCUT2D eigenvalue weighted by Gasteiger charge is -1.84. The maximum absolute atomic E-state index is 3.97. The van der Waals surface area contributed by atoms with E-state index in [1.54, 1.807) is 0 Å². The predicted octanol–water partition coefficient (Wildman–Crippen LogP) is 1.75. The van der Waals surface area contributed by atoms with Gasteiger partial charge in [0, 0.05) is 10.9 Å². The molecule has 1 aromatic heterocycles. The molecule has 0 aliphatic heterocycles. The van der Waals surface area contributed by atoms with Gasteiger partial charge in [0.2, 0.25) is 0 Å². The molecule has 3 N–H and O–H groups in total. The van der Waals surface area contributed by atoms with Gasteiger partial charge >= 0.3 is 0 Å². The minimum atomic E-state index is 1.13. The molecular formula is C8H14NS+. The monoisotopic (exact) mass is 156 g/mol. The zero-order valence-electron chi connectivity index (χ0n) is 6.61. The van der Waals surface area contributed by atoms with E-state index in [4.69, 9.17) is 0 Å². The minimum absolute atomic E-state index is 1.13. The van der Waals surface area contributed by atoms with Gasteiger partial charge in [-0.05, 0) is 12.8 Å². The molecule has 0 bridgehead atoms. The lowest BCUT2D eigenvalue weighted by Crippen LogP contribution is -2.40. The molecule has 2 heteroatoms. The molecule has 0 radical (unpaired) electrons. The zero-order chi connectivity index (χ0) is 7.56. The summed E-state index contributed by atoms with van der Waals surface area (Å²) in [5.41, 5.74) is 5.20. The SMILES string of the molecule is CCc1cc([NH3+])c(CC)s1. The van der Waals surface area contributed by atoms with Crippen LogP contribution in [0.2, 0.25) is 0 Å². The molecule has 0 atom stereocenters. The highest BCUT2D eigenvalue weighted by Crippen LogP contribution is 2.23. The molecule has 56 valence electrons. The van der Waals surface area contributed by atoms with Gasteiger partial charge in [0.1, 0.15) is 5.69 Å². The molecule has 1 rings (SSSR count). The van der Waals surface area contributed by atoms with Crippen LogP contribution >= 0.6 is 11.3 Å². The summed E-state index contributed by atoms with van der Waals surface area (Å²) in [5.74, 6) is 0. The van der Waals surface area contributed by atoms with Crippen LogP contribution in [-0.4, -0.2) is 0 Å². The largest absolute Gasteiger partial charge is 0.324 e. The van der Waals surface area contributed by atoms with Crippen LogP contribution in [0.25, 0.3) is 0 Å². The van der Waals surface area contributed by atoms with Crippen LogP contribution in [0.4, 0.5) is 5.69 Å². The summed E-state index contributed by atoms with van der Waals surface area (Å²) >= 11 is 1.90. The first-order valence-corrected chi connectivity index (χ1v) is 4.53. The Hall–Kier alpha value is -0.340. The lowest BCUT2D eigenvalue weighted by atomic mass is 10.3. The summed E-state index contributed by atoms with van der Waals surface area (Å²) in [6.07, 6.45) is 2.27. The molecule has 0 spiro atoms. The lowest BCUT2D eigenvalue weighted by molar-refractivity contribution is -0.255. The second kappa shape index (κ2) is 3.17. The standard InChI is InChI=1S/C8H13NS/c1-3-6-5-7(9)8(4-2)10-6/h5H,3-4,9H2,1-2H3/p+1. The van der Waals surface area contributed by atoms with E-state index in [2.05, 4.69) is 25.6 Å². The number of aryl methyl sites for hydroxylation is 2. The average Bonchev–Trinajstić information content (AvgIpc) is 2.30. The van der Waals surface area contributed by atoms with Crippen molar-refractivity contribution >= 4 is 17.0 Å². The van der Waals surface area contributed by atoms with Gasteiger partial charge in [-0.15, -0.1) is 11.3 Å². The molecule has 0 fully saturated rings. The number of rotatable bonds is 2. The molecule has 0 saturated carbocycles. The highest BCUT2D eigenvalue weighted by atomic mass is 32.1. The fourth-order valence-electron chi connectivity index (χ4n) is 1.00.